The monoisotopic (exact) mass is 474 g/mol. The molecule has 1 aliphatic heterocycles. The summed E-state index contributed by atoms with van der Waals surface area (Å²) >= 11 is 0. The molecule has 0 bridgehead atoms. The molecule has 4 aromatic rings. The van der Waals surface area contributed by atoms with E-state index in [0.29, 0.717) is 13.2 Å². The molecule has 5 rings (SSSR count). The summed E-state index contributed by atoms with van der Waals surface area (Å²) in [5.41, 5.74) is 5.32. The van der Waals surface area contributed by atoms with E-state index in [0.717, 1.165) is 65.1 Å². The smallest absolute Gasteiger partial charge is 0.119 e. The van der Waals surface area contributed by atoms with Crippen LogP contribution in [0.1, 0.15) is 17.5 Å². The Bertz CT molecular complexity index is 1300. The fourth-order valence-corrected chi connectivity index (χ4v) is 5.07. The molecule has 0 unspecified atom stereocenters. The molecule has 0 saturated carbocycles. The maximum absolute atomic E-state index is 12.8. The number of hydrogen-bond acceptors (Lipinski definition) is 4. The highest BCUT2D eigenvalue weighted by atomic mass is 19.1. The van der Waals surface area contributed by atoms with Gasteiger partial charge in [0.2, 0.25) is 0 Å². The fraction of sp³-hybridized carbons (Fsp3) is 0.310. The standard InChI is InChI=1S/C29H31FN2O3/c1-20-27-16-25(34)8-11-28(27)32(29(20)23-4-6-24(33)7-5-23)19-21-2-9-26(10-3-21)35-15-14-31-13-12-22(17-30)18-31/h2-11,16,22,33-34H,12-15,17-19H2,1H3/t22-/m0/s1. The zero-order valence-electron chi connectivity index (χ0n) is 20.0. The second kappa shape index (κ2) is 10.0. The summed E-state index contributed by atoms with van der Waals surface area (Å²) < 4.78 is 21.0. The van der Waals surface area contributed by atoms with E-state index in [1.807, 2.05) is 30.3 Å². The lowest BCUT2D eigenvalue weighted by molar-refractivity contribution is 0.228. The van der Waals surface area contributed by atoms with Gasteiger partial charge in [-0.15, -0.1) is 0 Å². The van der Waals surface area contributed by atoms with Crippen molar-refractivity contribution in [2.45, 2.75) is 19.9 Å². The van der Waals surface area contributed by atoms with Crippen molar-refractivity contribution < 1.29 is 19.3 Å². The fourth-order valence-electron chi connectivity index (χ4n) is 5.07. The Morgan fingerprint density at radius 2 is 1.71 bits per heavy atom. The number of nitrogens with zero attached hydrogens (tertiary/aromatic N) is 2. The highest BCUT2D eigenvalue weighted by Gasteiger charge is 2.22. The van der Waals surface area contributed by atoms with E-state index in [1.165, 1.54) is 0 Å². The van der Waals surface area contributed by atoms with Crippen molar-refractivity contribution in [2.75, 3.05) is 32.9 Å². The van der Waals surface area contributed by atoms with Gasteiger partial charge in [-0.3, -0.25) is 9.29 Å². The Morgan fingerprint density at radius 1 is 0.971 bits per heavy atom. The molecule has 0 spiro atoms. The minimum Gasteiger partial charge on any atom is -0.508 e. The van der Waals surface area contributed by atoms with Crippen molar-refractivity contribution in [3.05, 3.63) is 77.9 Å². The van der Waals surface area contributed by atoms with Crippen LogP contribution in [-0.2, 0) is 6.54 Å². The van der Waals surface area contributed by atoms with Gasteiger partial charge in [0.25, 0.3) is 0 Å². The molecule has 1 saturated heterocycles. The number of aromatic nitrogens is 1. The maximum atomic E-state index is 12.8. The molecule has 0 aliphatic carbocycles. The summed E-state index contributed by atoms with van der Waals surface area (Å²) in [6.07, 6.45) is 0.935. The van der Waals surface area contributed by atoms with E-state index >= 15 is 0 Å². The van der Waals surface area contributed by atoms with Crippen molar-refractivity contribution in [3.8, 4) is 28.5 Å². The van der Waals surface area contributed by atoms with Gasteiger partial charge in [0.1, 0.15) is 23.9 Å². The number of phenols is 2. The van der Waals surface area contributed by atoms with Crippen LogP contribution in [0, 0.1) is 12.8 Å². The normalized spacial score (nSPS) is 16.2. The molecule has 1 atom stereocenters. The third kappa shape index (κ3) is 4.98. The summed E-state index contributed by atoms with van der Waals surface area (Å²) in [6.45, 7) is 5.67. The lowest BCUT2D eigenvalue weighted by atomic mass is 10.1. The van der Waals surface area contributed by atoms with Crippen LogP contribution < -0.4 is 4.74 Å². The van der Waals surface area contributed by atoms with Crippen LogP contribution in [0.2, 0.25) is 0 Å². The average molecular weight is 475 g/mol. The predicted octanol–water partition coefficient (Wildman–Crippen LogP) is 5.75. The van der Waals surface area contributed by atoms with Crippen molar-refractivity contribution in [3.63, 3.8) is 0 Å². The lowest BCUT2D eigenvalue weighted by Gasteiger charge is -2.16. The number of rotatable bonds is 8. The molecule has 5 nitrogen and oxygen atoms in total. The Hall–Kier alpha value is -3.51. The van der Waals surface area contributed by atoms with Crippen LogP contribution in [-0.4, -0.2) is 52.6 Å². The number of aromatic hydroxyl groups is 2. The largest absolute Gasteiger partial charge is 0.508 e. The molecule has 1 aromatic heterocycles. The van der Waals surface area contributed by atoms with Crippen molar-refractivity contribution in [1.29, 1.82) is 0 Å². The SMILES string of the molecule is Cc1c(-c2ccc(O)cc2)n(Cc2ccc(OCCN3CC[C@@H](CF)C3)cc2)c2ccc(O)cc12. The van der Waals surface area contributed by atoms with Gasteiger partial charge in [-0.05, 0) is 91.2 Å². The number of phenolic OH excluding ortho intramolecular Hbond substituents is 2. The van der Waals surface area contributed by atoms with Gasteiger partial charge in [-0.2, -0.15) is 0 Å². The summed E-state index contributed by atoms with van der Waals surface area (Å²) in [6, 6.07) is 20.8. The summed E-state index contributed by atoms with van der Waals surface area (Å²) in [5, 5.41) is 20.8. The molecule has 6 heteroatoms. The number of ether oxygens (including phenoxy) is 1. The molecule has 182 valence electrons. The van der Waals surface area contributed by atoms with Gasteiger partial charge in [0, 0.05) is 36.5 Å². The maximum Gasteiger partial charge on any atom is 0.119 e. The third-order valence-corrected chi connectivity index (χ3v) is 6.97. The van der Waals surface area contributed by atoms with Crippen LogP contribution in [0.5, 0.6) is 17.2 Å². The summed E-state index contributed by atoms with van der Waals surface area (Å²) in [5.74, 6) is 1.48. The molecular weight excluding hydrogens is 443 g/mol. The van der Waals surface area contributed by atoms with Gasteiger partial charge in [-0.25, -0.2) is 0 Å². The first kappa shape index (κ1) is 23.2. The lowest BCUT2D eigenvalue weighted by Crippen LogP contribution is -2.26. The molecule has 2 heterocycles. The molecule has 0 radical (unpaired) electrons. The average Bonchev–Trinajstić information content (AvgIpc) is 3.43. The van der Waals surface area contributed by atoms with E-state index in [1.54, 1.807) is 24.3 Å². The van der Waals surface area contributed by atoms with Gasteiger partial charge in [0.15, 0.2) is 0 Å². The molecule has 0 amide bonds. The number of aryl methyl sites for hydroxylation is 1. The highest BCUT2D eigenvalue weighted by molar-refractivity contribution is 5.92. The second-order valence-corrected chi connectivity index (χ2v) is 9.41. The van der Waals surface area contributed by atoms with Gasteiger partial charge < -0.3 is 19.5 Å². The van der Waals surface area contributed by atoms with Crippen molar-refractivity contribution in [1.82, 2.24) is 9.47 Å². The molecule has 1 fully saturated rings. The minimum atomic E-state index is -0.232. The number of hydrogen-bond donors (Lipinski definition) is 2. The van der Waals surface area contributed by atoms with Crippen LogP contribution in [0.3, 0.4) is 0 Å². The number of fused-ring (bicyclic) bond motifs is 1. The number of likely N-dealkylation sites (tertiary alicyclic amines) is 1. The predicted molar refractivity (Wildman–Crippen MR) is 137 cm³/mol. The Morgan fingerprint density at radius 3 is 2.43 bits per heavy atom. The zero-order valence-corrected chi connectivity index (χ0v) is 20.0. The quantitative estimate of drug-likeness (QED) is 0.342. The molecular formula is C29H31FN2O3. The molecule has 1 aliphatic rings. The topological polar surface area (TPSA) is 57.9 Å². The van der Waals surface area contributed by atoms with E-state index in [-0.39, 0.29) is 24.1 Å². The number of alkyl halides is 1. The number of benzene rings is 3. The van der Waals surface area contributed by atoms with Crippen molar-refractivity contribution >= 4 is 10.9 Å². The van der Waals surface area contributed by atoms with E-state index in [9.17, 15) is 14.6 Å². The first-order chi connectivity index (χ1) is 17.0. The van der Waals surface area contributed by atoms with E-state index in [2.05, 4.69) is 28.5 Å². The van der Waals surface area contributed by atoms with Gasteiger partial charge >= 0.3 is 0 Å². The zero-order chi connectivity index (χ0) is 24.4. The Balaban J connectivity index is 1.34. The van der Waals surface area contributed by atoms with Gasteiger partial charge in [-0.1, -0.05) is 12.1 Å². The Kier molecular flexibility index (Phi) is 6.64. The highest BCUT2D eigenvalue weighted by Crippen LogP contribution is 2.36. The molecule has 35 heavy (non-hydrogen) atoms. The van der Waals surface area contributed by atoms with Crippen LogP contribution in [0.25, 0.3) is 22.2 Å². The van der Waals surface area contributed by atoms with Gasteiger partial charge in [0.05, 0.1) is 12.4 Å². The van der Waals surface area contributed by atoms with E-state index in [4.69, 9.17) is 4.74 Å². The molecule has 2 N–H and O–H groups in total. The third-order valence-electron chi connectivity index (χ3n) is 6.97. The first-order valence-electron chi connectivity index (χ1n) is 12.1. The Labute approximate surface area is 205 Å². The first-order valence-corrected chi connectivity index (χ1v) is 12.1. The number of halogens is 1. The summed E-state index contributed by atoms with van der Waals surface area (Å²) in [4.78, 5) is 2.26. The minimum absolute atomic E-state index is 0.179. The van der Waals surface area contributed by atoms with Crippen LogP contribution in [0.15, 0.2) is 66.7 Å². The van der Waals surface area contributed by atoms with Crippen LogP contribution in [0.4, 0.5) is 4.39 Å². The van der Waals surface area contributed by atoms with E-state index < -0.39 is 0 Å². The second-order valence-electron chi connectivity index (χ2n) is 9.41. The van der Waals surface area contributed by atoms with Crippen molar-refractivity contribution in [2.24, 2.45) is 5.92 Å². The van der Waals surface area contributed by atoms with Crippen LogP contribution >= 0.6 is 0 Å². The summed E-state index contributed by atoms with van der Waals surface area (Å²) in [7, 11) is 0. The molecule has 3 aromatic carbocycles.